The standard InChI is InChI=1S/C21H34N2O2/c1-4-25-21-15-18(8-9-20(21)24-3)16-22-10-12-23(13-11-22)19-7-5-6-17(2)14-19/h8-9,15,17,19H,4-7,10-14,16H2,1-3H3/t17-,19-/m0/s1. The van der Waals surface area contributed by atoms with Gasteiger partial charge in [0.15, 0.2) is 11.5 Å². The van der Waals surface area contributed by atoms with Gasteiger partial charge in [0.2, 0.25) is 0 Å². The predicted octanol–water partition coefficient (Wildman–Crippen LogP) is 3.79. The topological polar surface area (TPSA) is 24.9 Å². The first kappa shape index (κ1) is 18.5. The molecular formula is C21H34N2O2. The molecule has 140 valence electrons. The third-order valence-corrected chi connectivity index (χ3v) is 5.77. The SMILES string of the molecule is CCOc1cc(CN2CCN([C@H]3CCC[C@H](C)C3)CC2)ccc1OC. The zero-order valence-corrected chi connectivity index (χ0v) is 16.2. The van der Waals surface area contributed by atoms with Gasteiger partial charge in [-0.15, -0.1) is 0 Å². The van der Waals surface area contributed by atoms with E-state index in [1.165, 1.54) is 57.4 Å². The summed E-state index contributed by atoms with van der Waals surface area (Å²) < 4.78 is 11.1. The van der Waals surface area contributed by atoms with Crippen molar-refractivity contribution < 1.29 is 9.47 Å². The molecule has 25 heavy (non-hydrogen) atoms. The lowest BCUT2D eigenvalue weighted by molar-refractivity contribution is 0.0659. The maximum Gasteiger partial charge on any atom is 0.161 e. The van der Waals surface area contributed by atoms with E-state index in [9.17, 15) is 0 Å². The second kappa shape index (κ2) is 8.91. The van der Waals surface area contributed by atoms with Gasteiger partial charge in [-0.05, 0) is 43.4 Å². The Bertz CT molecular complexity index is 541. The third-order valence-electron chi connectivity index (χ3n) is 5.77. The summed E-state index contributed by atoms with van der Waals surface area (Å²) in [5.41, 5.74) is 1.31. The van der Waals surface area contributed by atoms with Gasteiger partial charge in [-0.3, -0.25) is 9.80 Å². The third kappa shape index (κ3) is 4.89. The van der Waals surface area contributed by atoms with Crippen LogP contribution in [0.4, 0.5) is 0 Å². The fraction of sp³-hybridized carbons (Fsp3) is 0.714. The number of nitrogens with zero attached hydrogens (tertiary/aromatic N) is 2. The summed E-state index contributed by atoms with van der Waals surface area (Å²) >= 11 is 0. The van der Waals surface area contributed by atoms with Gasteiger partial charge in [-0.1, -0.05) is 25.8 Å². The Labute approximate surface area is 153 Å². The van der Waals surface area contributed by atoms with Crippen LogP contribution in [0.15, 0.2) is 18.2 Å². The van der Waals surface area contributed by atoms with Crippen molar-refractivity contribution in [3.63, 3.8) is 0 Å². The van der Waals surface area contributed by atoms with Crippen molar-refractivity contribution in [1.29, 1.82) is 0 Å². The molecule has 0 aromatic heterocycles. The molecule has 1 aromatic carbocycles. The van der Waals surface area contributed by atoms with E-state index in [1.54, 1.807) is 7.11 Å². The van der Waals surface area contributed by atoms with Crippen LogP contribution in [0.2, 0.25) is 0 Å². The van der Waals surface area contributed by atoms with Crippen molar-refractivity contribution in [2.24, 2.45) is 5.92 Å². The number of hydrogen-bond acceptors (Lipinski definition) is 4. The van der Waals surface area contributed by atoms with Gasteiger partial charge in [0, 0.05) is 38.8 Å². The van der Waals surface area contributed by atoms with Gasteiger partial charge in [-0.2, -0.15) is 0 Å². The first-order chi connectivity index (χ1) is 12.2. The van der Waals surface area contributed by atoms with E-state index in [1.807, 2.05) is 13.0 Å². The van der Waals surface area contributed by atoms with E-state index in [0.717, 1.165) is 30.0 Å². The van der Waals surface area contributed by atoms with Gasteiger partial charge >= 0.3 is 0 Å². The van der Waals surface area contributed by atoms with Crippen LogP contribution < -0.4 is 9.47 Å². The van der Waals surface area contributed by atoms with Crippen LogP contribution in [0.1, 0.15) is 45.1 Å². The molecule has 1 saturated carbocycles. The summed E-state index contributed by atoms with van der Waals surface area (Å²) in [6.45, 7) is 10.9. The molecule has 1 aromatic rings. The molecule has 4 nitrogen and oxygen atoms in total. The minimum absolute atomic E-state index is 0.665. The van der Waals surface area contributed by atoms with Gasteiger partial charge in [0.1, 0.15) is 0 Å². The molecule has 2 fully saturated rings. The predicted molar refractivity (Wildman–Crippen MR) is 102 cm³/mol. The molecule has 0 unspecified atom stereocenters. The Morgan fingerprint density at radius 2 is 1.88 bits per heavy atom. The first-order valence-electron chi connectivity index (χ1n) is 9.95. The molecule has 1 saturated heterocycles. The second-order valence-corrected chi connectivity index (χ2v) is 7.66. The fourth-order valence-electron chi connectivity index (χ4n) is 4.37. The van der Waals surface area contributed by atoms with Gasteiger partial charge in [0.25, 0.3) is 0 Å². The summed E-state index contributed by atoms with van der Waals surface area (Å²) in [4.78, 5) is 5.31. The molecule has 3 rings (SSSR count). The zero-order chi connectivity index (χ0) is 17.6. The van der Waals surface area contributed by atoms with Crippen molar-refractivity contribution in [2.45, 2.75) is 52.1 Å². The Hall–Kier alpha value is -1.26. The van der Waals surface area contributed by atoms with E-state index < -0.39 is 0 Å². The van der Waals surface area contributed by atoms with Gasteiger partial charge < -0.3 is 9.47 Å². The number of rotatable bonds is 6. The van der Waals surface area contributed by atoms with Crippen LogP contribution in [0.3, 0.4) is 0 Å². The molecule has 0 N–H and O–H groups in total. The van der Waals surface area contributed by atoms with Crippen molar-refractivity contribution in [1.82, 2.24) is 9.80 Å². The van der Waals surface area contributed by atoms with Crippen LogP contribution in [-0.2, 0) is 6.54 Å². The highest BCUT2D eigenvalue weighted by molar-refractivity contribution is 5.42. The normalized spacial score (nSPS) is 25.7. The maximum absolute atomic E-state index is 5.71. The van der Waals surface area contributed by atoms with Crippen LogP contribution >= 0.6 is 0 Å². The number of benzene rings is 1. The summed E-state index contributed by atoms with van der Waals surface area (Å²) in [5, 5.41) is 0. The molecule has 1 aliphatic heterocycles. The number of ether oxygens (including phenoxy) is 2. The first-order valence-corrected chi connectivity index (χ1v) is 9.95. The van der Waals surface area contributed by atoms with E-state index in [4.69, 9.17) is 9.47 Å². The molecule has 1 heterocycles. The average Bonchev–Trinajstić information content (AvgIpc) is 2.63. The Morgan fingerprint density at radius 1 is 1.08 bits per heavy atom. The van der Waals surface area contributed by atoms with E-state index in [0.29, 0.717) is 6.61 Å². The minimum Gasteiger partial charge on any atom is -0.493 e. The van der Waals surface area contributed by atoms with Gasteiger partial charge in [0.05, 0.1) is 13.7 Å². The molecule has 0 spiro atoms. The summed E-state index contributed by atoms with van der Waals surface area (Å²) in [5.74, 6) is 2.59. The van der Waals surface area contributed by atoms with Crippen LogP contribution in [0.5, 0.6) is 11.5 Å². The summed E-state index contributed by atoms with van der Waals surface area (Å²) in [6, 6.07) is 7.16. The summed E-state index contributed by atoms with van der Waals surface area (Å²) in [6.07, 6.45) is 5.64. The van der Waals surface area contributed by atoms with E-state index >= 15 is 0 Å². The van der Waals surface area contributed by atoms with Crippen molar-refractivity contribution in [3.05, 3.63) is 23.8 Å². The highest BCUT2D eigenvalue weighted by Crippen LogP contribution is 2.30. The molecule has 4 heteroatoms. The fourth-order valence-corrected chi connectivity index (χ4v) is 4.37. The molecule has 0 radical (unpaired) electrons. The van der Waals surface area contributed by atoms with Crippen molar-refractivity contribution in [3.8, 4) is 11.5 Å². The smallest absolute Gasteiger partial charge is 0.161 e. The maximum atomic E-state index is 5.71. The Morgan fingerprint density at radius 3 is 2.56 bits per heavy atom. The molecule has 2 atom stereocenters. The monoisotopic (exact) mass is 346 g/mol. The molecular weight excluding hydrogens is 312 g/mol. The Balaban J connectivity index is 1.52. The number of methoxy groups -OCH3 is 1. The molecule has 0 bridgehead atoms. The highest BCUT2D eigenvalue weighted by Gasteiger charge is 2.27. The van der Waals surface area contributed by atoms with E-state index in [-0.39, 0.29) is 0 Å². The van der Waals surface area contributed by atoms with Crippen LogP contribution in [0, 0.1) is 5.92 Å². The second-order valence-electron chi connectivity index (χ2n) is 7.66. The number of piperazine rings is 1. The zero-order valence-electron chi connectivity index (χ0n) is 16.2. The van der Waals surface area contributed by atoms with Crippen molar-refractivity contribution >= 4 is 0 Å². The van der Waals surface area contributed by atoms with Gasteiger partial charge in [-0.25, -0.2) is 0 Å². The van der Waals surface area contributed by atoms with Crippen LogP contribution in [0.25, 0.3) is 0 Å². The molecule has 1 aliphatic carbocycles. The average molecular weight is 347 g/mol. The van der Waals surface area contributed by atoms with Crippen LogP contribution in [-0.4, -0.2) is 55.7 Å². The molecule has 2 aliphatic rings. The lowest BCUT2D eigenvalue weighted by atomic mass is 9.86. The highest BCUT2D eigenvalue weighted by atomic mass is 16.5. The Kier molecular flexibility index (Phi) is 6.60. The number of hydrogen-bond donors (Lipinski definition) is 0. The van der Waals surface area contributed by atoms with Crippen molar-refractivity contribution in [2.75, 3.05) is 39.9 Å². The van der Waals surface area contributed by atoms with E-state index in [2.05, 4.69) is 28.9 Å². The minimum atomic E-state index is 0.665. The largest absolute Gasteiger partial charge is 0.493 e. The molecule has 0 amide bonds. The summed E-state index contributed by atoms with van der Waals surface area (Å²) in [7, 11) is 1.70. The lowest BCUT2D eigenvalue weighted by Crippen LogP contribution is -2.50. The quantitative estimate of drug-likeness (QED) is 0.782. The lowest BCUT2D eigenvalue weighted by Gasteiger charge is -2.42.